The van der Waals surface area contributed by atoms with Crippen LogP contribution >= 0.6 is 35.7 Å². The van der Waals surface area contributed by atoms with Gasteiger partial charge in [-0.2, -0.15) is 24.9 Å². The van der Waals surface area contributed by atoms with Crippen molar-refractivity contribution in [3.8, 4) is 5.75 Å². The number of nitrogens with two attached hydrogens (primary N) is 1. The minimum atomic E-state index is -4.45. The lowest BCUT2D eigenvalue weighted by Crippen LogP contribution is -2.42. The molecule has 2 N–H and O–H groups in total. The molecular weight excluding hydrogens is 442 g/mol. The number of ether oxygens (including phenoxy) is 1. The van der Waals surface area contributed by atoms with Gasteiger partial charge >= 0.3 is 6.18 Å². The van der Waals surface area contributed by atoms with Gasteiger partial charge in [-0.25, -0.2) is 4.99 Å². The highest BCUT2D eigenvalue weighted by Crippen LogP contribution is 2.34. The number of aliphatic imine (C=N–C) groups is 1. The minimum Gasteiger partial charge on any atom is -0.497 e. The first-order valence-corrected chi connectivity index (χ1v) is 7.94. The Morgan fingerprint density at radius 2 is 2.00 bits per heavy atom. The molecule has 0 aliphatic carbocycles. The van der Waals surface area contributed by atoms with Gasteiger partial charge < -0.3 is 15.4 Å². The zero-order valence-electron chi connectivity index (χ0n) is 12.6. The monoisotopic (exact) mass is 461 g/mol. The number of hydrogen-bond acceptors (Lipinski definition) is 3. The molecule has 1 aromatic rings. The molecule has 0 amide bonds. The summed E-state index contributed by atoms with van der Waals surface area (Å²) >= 11 is 1.83. The van der Waals surface area contributed by atoms with E-state index in [0.29, 0.717) is 5.96 Å². The first kappa shape index (κ1) is 20.2. The molecule has 130 valence electrons. The second-order valence-electron chi connectivity index (χ2n) is 4.79. The van der Waals surface area contributed by atoms with E-state index < -0.39 is 11.7 Å². The Bertz CT molecular complexity index is 549. The quantitative estimate of drug-likeness (QED) is 0.427. The van der Waals surface area contributed by atoms with Crippen molar-refractivity contribution >= 4 is 41.7 Å². The maximum Gasteiger partial charge on any atom is 0.416 e. The SMILES string of the molecule is COc1ccc(CN=C(N)N2CCSCC2)c(C(F)(F)F)c1.I. The summed E-state index contributed by atoms with van der Waals surface area (Å²) in [5.41, 5.74) is 5.22. The van der Waals surface area contributed by atoms with Crippen LogP contribution in [0.3, 0.4) is 0 Å². The molecular formula is C14H19F3IN3OS. The Morgan fingerprint density at radius 1 is 1.35 bits per heavy atom. The Labute approximate surface area is 154 Å². The lowest BCUT2D eigenvalue weighted by Gasteiger charge is -2.27. The lowest BCUT2D eigenvalue weighted by molar-refractivity contribution is -0.138. The third-order valence-electron chi connectivity index (χ3n) is 3.37. The van der Waals surface area contributed by atoms with Crippen LogP contribution in [0.15, 0.2) is 23.2 Å². The predicted molar refractivity (Wildman–Crippen MR) is 97.6 cm³/mol. The fraction of sp³-hybridized carbons (Fsp3) is 0.500. The second kappa shape index (κ2) is 8.86. The molecule has 4 nitrogen and oxygen atoms in total. The van der Waals surface area contributed by atoms with E-state index >= 15 is 0 Å². The van der Waals surface area contributed by atoms with Gasteiger partial charge in [0.2, 0.25) is 0 Å². The van der Waals surface area contributed by atoms with Crippen molar-refractivity contribution in [3.63, 3.8) is 0 Å². The van der Waals surface area contributed by atoms with Crippen LogP contribution < -0.4 is 10.5 Å². The Balaban J connectivity index is 0.00000264. The zero-order valence-corrected chi connectivity index (χ0v) is 15.7. The molecule has 0 unspecified atom stereocenters. The molecule has 1 aromatic carbocycles. The van der Waals surface area contributed by atoms with E-state index in [1.165, 1.54) is 19.2 Å². The molecule has 0 radical (unpaired) electrons. The van der Waals surface area contributed by atoms with Crippen LogP contribution in [-0.4, -0.2) is 42.6 Å². The number of benzene rings is 1. The third-order valence-corrected chi connectivity index (χ3v) is 4.31. The lowest BCUT2D eigenvalue weighted by atomic mass is 10.1. The Morgan fingerprint density at radius 3 is 2.57 bits per heavy atom. The largest absolute Gasteiger partial charge is 0.497 e. The van der Waals surface area contributed by atoms with Crippen LogP contribution in [-0.2, 0) is 12.7 Å². The fourth-order valence-corrected chi connectivity index (χ4v) is 3.05. The van der Waals surface area contributed by atoms with E-state index in [4.69, 9.17) is 10.5 Å². The van der Waals surface area contributed by atoms with Gasteiger partial charge in [0.15, 0.2) is 5.96 Å². The van der Waals surface area contributed by atoms with Gasteiger partial charge in [-0.1, -0.05) is 6.07 Å². The van der Waals surface area contributed by atoms with Gasteiger partial charge in [0.1, 0.15) is 5.75 Å². The number of alkyl halides is 3. The highest BCUT2D eigenvalue weighted by Gasteiger charge is 2.33. The standard InChI is InChI=1S/C14H18F3N3OS.HI/c1-21-11-3-2-10(12(8-11)14(15,16)17)9-19-13(18)20-4-6-22-7-5-20;/h2-3,8H,4-7,9H2,1H3,(H2,18,19);1H. The number of halogens is 4. The van der Waals surface area contributed by atoms with E-state index in [9.17, 15) is 13.2 Å². The molecule has 0 saturated carbocycles. The van der Waals surface area contributed by atoms with Crippen LogP contribution in [0.1, 0.15) is 11.1 Å². The van der Waals surface area contributed by atoms with Crippen molar-refractivity contribution in [1.29, 1.82) is 0 Å². The molecule has 1 aliphatic rings. The minimum absolute atomic E-state index is 0. The van der Waals surface area contributed by atoms with E-state index in [0.717, 1.165) is 30.7 Å². The number of methoxy groups -OCH3 is 1. The van der Waals surface area contributed by atoms with Crippen LogP contribution in [0.4, 0.5) is 13.2 Å². The average Bonchev–Trinajstić information content (AvgIpc) is 2.52. The molecule has 1 heterocycles. The number of nitrogens with zero attached hydrogens (tertiary/aromatic N) is 2. The number of guanidine groups is 1. The molecule has 23 heavy (non-hydrogen) atoms. The summed E-state index contributed by atoms with van der Waals surface area (Å²) in [4.78, 5) is 6.01. The van der Waals surface area contributed by atoms with Gasteiger partial charge in [0.05, 0.1) is 19.2 Å². The molecule has 1 saturated heterocycles. The maximum atomic E-state index is 13.1. The molecule has 0 atom stereocenters. The predicted octanol–water partition coefficient (Wildman–Crippen LogP) is 3.20. The Kier molecular flexibility index (Phi) is 7.78. The molecule has 2 rings (SSSR count). The average molecular weight is 461 g/mol. The first-order chi connectivity index (χ1) is 10.4. The molecule has 9 heteroatoms. The number of thioether (sulfide) groups is 1. The molecule has 1 fully saturated rings. The van der Waals surface area contributed by atoms with E-state index in [2.05, 4.69) is 4.99 Å². The van der Waals surface area contributed by atoms with Crippen molar-refractivity contribution < 1.29 is 17.9 Å². The second-order valence-corrected chi connectivity index (χ2v) is 6.02. The van der Waals surface area contributed by atoms with Crippen LogP contribution in [0.25, 0.3) is 0 Å². The van der Waals surface area contributed by atoms with Crippen molar-refractivity contribution in [2.45, 2.75) is 12.7 Å². The highest BCUT2D eigenvalue weighted by atomic mass is 127. The smallest absolute Gasteiger partial charge is 0.416 e. The van der Waals surface area contributed by atoms with E-state index in [1.54, 1.807) is 0 Å². The van der Waals surface area contributed by atoms with Crippen molar-refractivity contribution in [2.75, 3.05) is 31.7 Å². The fourth-order valence-electron chi connectivity index (χ4n) is 2.14. The normalized spacial score (nSPS) is 16.0. The summed E-state index contributed by atoms with van der Waals surface area (Å²) in [5.74, 6) is 2.37. The summed E-state index contributed by atoms with van der Waals surface area (Å²) in [6.45, 7) is 1.44. The Hall–Kier alpha value is -0.840. The maximum absolute atomic E-state index is 13.1. The van der Waals surface area contributed by atoms with Crippen molar-refractivity contribution in [2.24, 2.45) is 10.7 Å². The van der Waals surface area contributed by atoms with Gasteiger partial charge in [-0.05, 0) is 17.7 Å². The summed E-state index contributed by atoms with van der Waals surface area (Å²) in [5, 5.41) is 0. The van der Waals surface area contributed by atoms with Crippen molar-refractivity contribution in [1.82, 2.24) is 4.90 Å². The molecule has 1 aliphatic heterocycles. The summed E-state index contributed by atoms with van der Waals surface area (Å²) in [6.07, 6.45) is -4.45. The van der Waals surface area contributed by atoms with Crippen LogP contribution in [0, 0.1) is 0 Å². The topological polar surface area (TPSA) is 50.9 Å². The molecule has 0 aromatic heterocycles. The van der Waals surface area contributed by atoms with Crippen LogP contribution in [0.2, 0.25) is 0 Å². The van der Waals surface area contributed by atoms with Crippen molar-refractivity contribution in [3.05, 3.63) is 29.3 Å². The first-order valence-electron chi connectivity index (χ1n) is 6.78. The van der Waals surface area contributed by atoms with Gasteiger partial charge in [-0.3, -0.25) is 0 Å². The molecule has 0 bridgehead atoms. The number of rotatable bonds is 3. The zero-order chi connectivity index (χ0) is 16.2. The van der Waals surface area contributed by atoms with E-state index in [-0.39, 0.29) is 41.8 Å². The van der Waals surface area contributed by atoms with Gasteiger partial charge in [0.25, 0.3) is 0 Å². The van der Waals surface area contributed by atoms with Gasteiger partial charge in [-0.15, -0.1) is 24.0 Å². The summed E-state index contributed by atoms with van der Waals surface area (Å²) < 4.78 is 44.1. The highest BCUT2D eigenvalue weighted by molar-refractivity contribution is 14.0. The third kappa shape index (κ3) is 5.63. The van der Waals surface area contributed by atoms with Gasteiger partial charge in [0, 0.05) is 24.6 Å². The van der Waals surface area contributed by atoms with E-state index in [1.807, 2.05) is 16.7 Å². The summed E-state index contributed by atoms with van der Waals surface area (Å²) in [6, 6.07) is 3.86. The molecule has 0 spiro atoms. The number of hydrogen-bond donors (Lipinski definition) is 1. The van der Waals surface area contributed by atoms with Crippen LogP contribution in [0.5, 0.6) is 5.75 Å². The summed E-state index contributed by atoms with van der Waals surface area (Å²) in [7, 11) is 1.33.